The first-order chi connectivity index (χ1) is 6.72. The number of nitrogen functional groups attached to an aromatic ring is 1. The van der Waals surface area contributed by atoms with Crippen molar-refractivity contribution in [3.8, 4) is 0 Å². The van der Waals surface area contributed by atoms with Crippen molar-refractivity contribution in [2.45, 2.75) is 13.3 Å². The Balaban J connectivity index is 2.37. The lowest BCUT2D eigenvalue weighted by atomic mass is 10.3. The molecule has 0 amide bonds. The van der Waals surface area contributed by atoms with E-state index in [2.05, 4.69) is 4.98 Å². The normalized spacial score (nSPS) is 10.6. The molecule has 4 nitrogen and oxygen atoms in total. The molecule has 14 heavy (non-hydrogen) atoms. The number of esters is 1. The van der Waals surface area contributed by atoms with E-state index in [0.29, 0.717) is 11.7 Å². The Morgan fingerprint density at radius 1 is 1.79 bits per heavy atom. The van der Waals surface area contributed by atoms with Gasteiger partial charge in [0.2, 0.25) is 0 Å². The van der Waals surface area contributed by atoms with Gasteiger partial charge in [-0.25, -0.2) is 4.98 Å². The van der Waals surface area contributed by atoms with Gasteiger partial charge in [-0.3, -0.25) is 4.79 Å². The number of carbonyl (C=O) groups excluding carboxylic acids is 1. The summed E-state index contributed by atoms with van der Waals surface area (Å²) in [6.45, 7) is 2.20. The molecule has 76 valence electrons. The molecule has 1 aromatic rings. The fraction of sp³-hybridized carbons (Fsp3) is 0.333. The maximum atomic E-state index is 10.9. The topological polar surface area (TPSA) is 65.2 Å². The van der Waals surface area contributed by atoms with Crippen LogP contribution in [0.4, 0.5) is 5.13 Å². The highest BCUT2D eigenvalue weighted by Gasteiger charge is 1.97. The van der Waals surface area contributed by atoms with E-state index in [1.165, 1.54) is 11.3 Å². The molecule has 0 saturated heterocycles. The van der Waals surface area contributed by atoms with E-state index < -0.39 is 0 Å². The molecule has 0 bridgehead atoms. The van der Waals surface area contributed by atoms with Gasteiger partial charge in [0.25, 0.3) is 0 Å². The van der Waals surface area contributed by atoms with E-state index >= 15 is 0 Å². The molecule has 0 aliphatic rings. The molecule has 0 radical (unpaired) electrons. The maximum absolute atomic E-state index is 10.9. The second kappa shape index (κ2) is 5.39. The number of nitrogens with two attached hydrogens (primary N) is 1. The third kappa shape index (κ3) is 3.57. The van der Waals surface area contributed by atoms with Gasteiger partial charge < -0.3 is 10.5 Å². The van der Waals surface area contributed by atoms with Crippen molar-refractivity contribution in [3.05, 3.63) is 17.2 Å². The van der Waals surface area contributed by atoms with Crippen LogP contribution in [-0.4, -0.2) is 17.6 Å². The van der Waals surface area contributed by atoms with E-state index in [9.17, 15) is 4.79 Å². The van der Waals surface area contributed by atoms with Crippen LogP contribution in [0.25, 0.3) is 6.08 Å². The van der Waals surface area contributed by atoms with Crippen LogP contribution in [0.1, 0.15) is 18.2 Å². The van der Waals surface area contributed by atoms with Gasteiger partial charge in [-0.15, -0.1) is 0 Å². The first-order valence-corrected chi connectivity index (χ1v) is 5.07. The number of ether oxygens (including phenoxy) is 1. The average molecular weight is 212 g/mol. The molecule has 0 aromatic carbocycles. The molecule has 1 rings (SSSR count). The average Bonchev–Trinajstić information content (AvgIpc) is 2.52. The van der Waals surface area contributed by atoms with Crippen LogP contribution in [-0.2, 0) is 9.53 Å². The number of rotatable bonds is 4. The predicted octanol–water partition coefficient (Wildman–Crippen LogP) is 1.69. The summed E-state index contributed by atoms with van der Waals surface area (Å²) in [5.41, 5.74) is 5.44. The molecule has 0 saturated carbocycles. The van der Waals surface area contributed by atoms with Crippen molar-refractivity contribution >= 4 is 28.5 Å². The molecule has 1 heterocycles. The van der Waals surface area contributed by atoms with Gasteiger partial charge in [-0.2, -0.15) is 0 Å². The van der Waals surface area contributed by atoms with Crippen molar-refractivity contribution in [2.75, 3.05) is 12.3 Å². The second-order valence-corrected chi connectivity index (χ2v) is 3.61. The zero-order valence-corrected chi connectivity index (χ0v) is 8.71. The van der Waals surface area contributed by atoms with Crippen molar-refractivity contribution in [3.63, 3.8) is 0 Å². The molecule has 0 spiro atoms. The Morgan fingerprint density at radius 3 is 3.14 bits per heavy atom. The van der Waals surface area contributed by atoms with Gasteiger partial charge in [0.15, 0.2) is 5.13 Å². The Labute approximate surface area is 86.4 Å². The zero-order valence-electron chi connectivity index (χ0n) is 7.90. The van der Waals surface area contributed by atoms with Gasteiger partial charge in [0.1, 0.15) is 0 Å². The van der Waals surface area contributed by atoms with E-state index in [4.69, 9.17) is 10.5 Å². The van der Waals surface area contributed by atoms with Crippen LogP contribution in [0.3, 0.4) is 0 Å². The van der Waals surface area contributed by atoms with E-state index in [0.717, 1.165) is 4.88 Å². The van der Waals surface area contributed by atoms with Crippen LogP contribution in [0.5, 0.6) is 0 Å². The molecule has 0 atom stereocenters. The maximum Gasteiger partial charge on any atom is 0.309 e. The highest BCUT2D eigenvalue weighted by Crippen LogP contribution is 2.15. The lowest BCUT2D eigenvalue weighted by molar-refractivity contribution is -0.142. The van der Waals surface area contributed by atoms with Crippen LogP contribution in [0, 0.1) is 0 Å². The number of hydrogen-bond acceptors (Lipinski definition) is 5. The lowest BCUT2D eigenvalue weighted by Gasteiger charge is -1.95. The molecule has 1 aromatic heterocycles. The summed E-state index contributed by atoms with van der Waals surface area (Å²) in [5, 5.41) is 0.529. The van der Waals surface area contributed by atoms with Crippen molar-refractivity contribution in [1.29, 1.82) is 0 Å². The van der Waals surface area contributed by atoms with Gasteiger partial charge >= 0.3 is 5.97 Å². The quantitative estimate of drug-likeness (QED) is 0.771. The summed E-state index contributed by atoms with van der Waals surface area (Å²) in [6.07, 6.45) is 5.50. The van der Waals surface area contributed by atoms with Crippen LogP contribution in [0.15, 0.2) is 12.3 Å². The standard InChI is InChI=1S/C9H12N2O2S/c1-2-13-8(12)5-3-4-7-6-11-9(10)14-7/h3-4,6H,2,5H2,1H3,(H2,10,11). The van der Waals surface area contributed by atoms with E-state index in [1.54, 1.807) is 19.2 Å². The minimum atomic E-state index is -0.221. The van der Waals surface area contributed by atoms with Crippen LogP contribution in [0.2, 0.25) is 0 Å². The molecule has 0 aliphatic heterocycles. The molecular formula is C9H12N2O2S. The zero-order chi connectivity index (χ0) is 10.4. The minimum Gasteiger partial charge on any atom is -0.466 e. The number of carbonyl (C=O) groups is 1. The smallest absolute Gasteiger partial charge is 0.309 e. The van der Waals surface area contributed by atoms with Gasteiger partial charge in [-0.05, 0) is 13.0 Å². The fourth-order valence-corrected chi connectivity index (χ4v) is 1.49. The third-order valence-electron chi connectivity index (χ3n) is 1.41. The number of thiazole rings is 1. The monoisotopic (exact) mass is 212 g/mol. The Bertz CT molecular complexity index is 333. The van der Waals surface area contributed by atoms with Crippen molar-refractivity contribution in [2.24, 2.45) is 0 Å². The summed E-state index contributed by atoms with van der Waals surface area (Å²) < 4.78 is 4.76. The van der Waals surface area contributed by atoms with E-state index in [-0.39, 0.29) is 12.4 Å². The van der Waals surface area contributed by atoms with Gasteiger partial charge in [0, 0.05) is 11.1 Å². The SMILES string of the molecule is CCOC(=O)CC=Cc1cnc(N)s1. The summed E-state index contributed by atoms with van der Waals surface area (Å²) in [7, 11) is 0. The molecule has 5 heteroatoms. The highest BCUT2D eigenvalue weighted by molar-refractivity contribution is 7.16. The second-order valence-electron chi connectivity index (χ2n) is 2.51. The summed E-state index contributed by atoms with van der Waals surface area (Å²) in [6, 6.07) is 0. The largest absolute Gasteiger partial charge is 0.466 e. The number of anilines is 1. The van der Waals surface area contributed by atoms with Gasteiger partial charge in [-0.1, -0.05) is 17.4 Å². The number of hydrogen-bond donors (Lipinski definition) is 1. The molecular weight excluding hydrogens is 200 g/mol. The Kier molecular flexibility index (Phi) is 4.12. The Hall–Kier alpha value is -1.36. The fourth-order valence-electron chi connectivity index (χ4n) is 0.869. The predicted molar refractivity (Wildman–Crippen MR) is 56.8 cm³/mol. The molecule has 0 fully saturated rings. The van der Waals surface area contributed by atoms with Gasteiger partial charge in [0.05, 0.1) is 13.0 Å². The molecule has 0 unspecified atom stereocenters. The summed E-state index contributed by atoms with van der Waals surface area (Å²) >= 11 is 1.38. The third-order valence-corrected chi connectivity index (χ3v) is 2.21. The van der Waals surface area contributed by atoms with Crippen LogP contribution >= 0.6 is 11.3 Å². The molecule has 2 N–H and O–H groups in total. The first kappa shape index (κ1) is 10.7. The lowest BCUT2D eigenvalue weighted by Crippen LogP contribution is -2.01. The van der Waals surface area contributed by atoms with Crippen LogP contribution < -0.4 is 5.73 Å². The van der Waals surface area contributed by atoms with Crippen molar-refractivity contribution in [1.82, 2.24) is 4.98 Å². The van der Waals surface area contributed by atoms with E-state index in [1.807, 2.05) is 6.08 Å². The minimum absolute atomic E-state index is 0.221. The first-order valence-electron chi connectivity index (χ1n) is 4.26. The number of nitrogens with zero attached hydrogens (tertiary/aromatic N) is 1. The number of aromatic nitrogens is 1. The van der Waals surface area contributed by atoms with Crippen molar-refractivity contribution < 1.29 is 9.53 Å². The summed E-state index contributed by atoms with van der Waals surface area (Å²) in [4.78, 5) is 15.7. The summed E-state index contributed by atoms with van der Waals surface area (Å²) in [5.74, 6) is -0.221. The highest BCUT2D eigenvalue weighted by atomic mass is 32.1. The Morgan fingerprint density at radius 2 is 2.57 bits per heavy atom. The molecule has 0 aliphatic carbocycles.